The maximum atomic E-state index is 12.3. The van der Waals surface area contributed by atoms with Gasteiger partial charge in [-0.05, 0) is 37.1 Å². The molecule has 4 heteroatoms. The molecule has 1 aliphatic rings. The Morgan fingerprint density at radius 2 is 2.14 bits per heavy atom. The van der Waals surface area contributed by atoms with Crippen LogP contribution in [0.5, 0.6) is 0 Å². The monoisotopic (exact) mass is 284 g/mol. The van der Waals surface area contributed by atoms with Crippen LogP contribution >= 0.6 is 0 Å². The van der Waals surface area contributed by atoms with Crippen molar-refractivity contribution in [2.45, 2.75) is 39.5 Å². The summed E-state index contributed by atoms with van der Waals surface area (Å²) in [5, 5.41) is 8.61. The molecule has 1 aliphatic heterocycles. The zero-order valence-corrected chi connectivity index (χ0v) is 12.7. The summed E-state index contributed by atoms with van der Waals surface area (Å²) in [5.41, 5.74) is 2.47. The summed E-state index contributed by atoms with van der Waals surface area (Å²) in [6.07, 6.45) is 1.11. The Kier molecular flexibility index (Phi) is 4.42. The molecule has 1 heterocycles. The standard InChI is InChI=1S/C17H20N2O2/c1-11(2)16(20)13-6-7-15-14(10-13)12(3)17(21)19(15)9-5-4-8-18/h6-7,10-12H,4-5,9H2,1-3H3. The fraction of sp³-hybridized carbons (Fsp3) is 0.471. The lowest BCUT2D eigenvalue weighted by atomic mass is 9.95. The Morgan fingerprint density at radius 3 is 2.76 bits per heavy atom. The van der Waals surface area contributed by atoms with Crippen molar-refractivity contribution in [3.63, 3.8) is 0 Å². The van der Waals surface area contributed by atoms with Gasteiger partial charge in [0.05, 0.1) is 12.0 Å². The lowest BCUT2D eigenvalue weighted by Crippen LogP contribution is -2.28. The highest BCUT2D eigenvalue weighted by atomic mass is 16.2. The first kappa shape index (κ1) is 15.2. The molecule has 21 heavy (non-hydrogen) atoms. The van der Waals surface area contributed by atoms with E-state index < -0.39 is 0 Å². The van der Waals surface area contributed by atoms with Crippen LogP contribution in [-0.4, -0.2) is 18.2 Å². The number of carbonyl (C=O) groups excluding carboxylic acids is 2. The number of nitriles is 1. The number of unbranched alkanes of at least 4 members (excludes halogenated alkanes) is 1. The van der Waals surface area contributed by atoms with E-state index in [2.05, 4.69) is 6.07 Å². The van der Waals surface area contributed by atoms with Gasteiger partial charge >= 0.3 is 0 Å². The molecule has 2 rings (SSSR count). The van der Waals surface area contributed by atoms with Gasteiger partial charge in [-0.3, -0.25) is 9.59 Å². The van der Waals surface area contributed by atoms with Gasteiger partial charge in [-0.15, -0.1) is 0 Å². The molecular weight excluding hydrogens is 264 g/mol. The first-order valence-electron chi connectivity index (χ1n) is 7.33. The van der Waals surface area contributed by atoms with Crippen molar-refractivity contribution in [3.05, 3.63) is 29.3 Å². The lowest BCUT2D eigenvalue weighted by Gasteiger charge is -2.17. The molecule has 0 spiro atoms. The zero-order chi connectivity index (χ0) is 15.6. The summed E-state index contributed by atoms with van der Waals surface area (Å²) in [6.45, 7) is 6.17. The minimum absolute atomic E-state index is 0.0529. The molecular formula is C17H20N2O2. The summed E-state index contributed by atoms with van der Waals surface area (Å²) in [6, 6.07) is 7.60. The lowest BCUT2D eigenvalue weighted by molar-refractivity contribution is -0.119. The average molecular weight is 284 g/mol. The highest BCUT2D eigenvalue weighted by Gasteiger charge is 2.34. The number of carbonyl (C=O) groups is 2. The van der Waals surface area contributed by atoms with Gasteiger partial charge in [-0.1, -0.05) is 13.8 Å². The number of ketones is 1. The second-order valence-electron chi connectivity index (χ2n) is 5.77. The maximum absolute atomic E-state index is 12.3. The van der Waals surface area contributed by atoms with Crippen molar-refractivity contribution in [1.82, 2.24) is 0 Å². The molecule has 0 radical (unpaired) electrons. The van der Waals surface area contributed by atoms with E-state index in [1.54, 1.807) is 11.0 Å². The van der Waals surface area contributed by atoms with Crippen molar-refractivity contribution in [1.29, 1.82) is 5.26 Å². The van der Waals surface area contributed by atoms with Crippen LogP contribution in [0.15, 0.2) is 18.2 Å². The molecule has 0 N–H and O–H groups in total. The number of Topliss-reactive ketones (excluding diaryl/α,β-unsaturated/α-hetero) is 1. The van der Waals surface area contributed by atoms with E-state index in [4.69, 9.17) is 5.26 Å². The molecule has 0 fully saturated rings. The topological polar surface area (TPSA) is 61.2 Å². The highest BCUT2D eigenvalue weighted by molar-refractivity contribution is 6.06. The molecule has 1 atom stereocenters. The predicted molar refractivity (Wildman–Crippen MR) is 81.2 cm³/mol. The minimum Gasteiger partial charge on any atom is -0.312 e. The van der Waals surface area contributed by atoms with E-state index in [-0.39, 0.29) is 23.5 Å². The quantitative estimate of drug-likeness (QED) is 0.615. The van der Waals surface area contributed by atoms with E-state index in [0.717, 1.165) is 11.3 Å². The van der Waals surface area contributed by atoms with Crippen molar-refractivity contribution >= 4 is 17.4 Å². The van der Waals surface area contributed by atoms with Crippen LogP contribution in [0.1, 0.15) is 55.5 Å². The average Bonchev–Trinajstić information content (AvgIpc) is 2.71. The first-order chi connectivity index (χ1) is 9.97. The van der Waals surface area contributed by atoms with Crippen LogP contribution in [0, 0.1) is 17.2 Å². The van der Waals surface area contributed by atoms with Crippen molar-refractivity contribution < 1.29 is 9.59 Å². The molecule has 1 aromatic carbocycles. The van der Waals surface area contributed by atoms with Crippen LogP contribution in [0.2, 0.25) is 0 Å². The molecule has 0 aromatic heterocycles. The number of rotatable bonds is 5. The molecule has 1 amide bonds. The number of hydrogen-bond donors (Lipinski definition) is 0. The maximum Gasteiger partial charge on any atom is 0.234 e. The van der Waals surface area contributed by atoms with E-state index in [1.165, 1.54) is 0 Å². The summed E-state index contributed by atoms with van der Waals surface area (Å²) in [7, 11) is 0. The van der Waals surface area contributed by atoms with Gasteiger partial charge in [0.15, 0.2) is 5.78 Å². The molecule has 1 unspecified atom stereocenters. The Hall–Kier alpha value is -2.15. The third-order valence-corrected chi connectivity index (χ3v) is 3.90. The Balaban J connectivity index is 2.30. The van der Waals surface area contributed by atoms with Crippen LogP contribution < -0.4 is 4.90 Å². The number of nitrogens with zero attached hydrogens (tertiary/aromatic N) is 2. The van der Waals surface area contributed by atoms with E-state index >= 15 is 0 Å². The minimum atomic E-state index is -0.220. The summed E-state index contributed by atoms with van der Waals surface area (Å²) in [5.74, 6) is -0.123. The first-order valence-corrected chi connectivity index (χ1v) is 7.33. The largest absolute Gasteiger partial charge is 0.312 e. The molecule has 0 saturated heterocycles. The van der Waals surface area contributed by atoms with E-state index in [1.807, 2.05) is 32.9 Å². The highest BCUT2D eigenvalue weighted by Crippen LogP contribution is 2.38. The van der Waals surface area contributed by atoms with Gasteiger partial charge in [0.1, 0.15) is 0 Å². The van der Waals surface area contributed by atoms with Gasteiger partial charge in [-0.2, -0.15) is 5.26 Å². The predicted octanol–water partition coefficient (Wildman–Crippen LogP) is 3.28. The normalized spacial score (nSPS) is 17.0. The van der Waals surface area contributed by atoms with Crippen LogP contribution in [0.4, 0.5) is 5.69 Å². The van der Waals surface area contributed by atoms with Gasteiger partial charge < -0.3 is 4.90 Å². The summed E-state index contributed by atoms with van der Waals surface area (Å²) < 4.78 is 0. The SMILES string of the molecule is CC(C)C(=O)c1ccc2c(c1)C(C)C(=O)N2CCCC#N. The Morgan fingerprint density at radius 1 is 1.43 bits per heavy atom. The molecule has 110 valence electrons. The van der Waals surface area contributed by atoms with Gasteiger partial charge in [0.25, 0.3) is 0 Å². The third-order valence-electron chi connectivity index (χ3n) is 3.90. The van der Waals surface area contributed by atoms with Gasteiger partial charge in [-0.25, -0.2) is 0 Å². The van der Waals surface area contributed by atoms with E-state index in [9.17, 15) is 9.59 Å². The fourth-order valence-electron chi connectivity index (χ4n) is 2.67. The van der Waals surface area contributed by atoms with Crippen molar-refractivity contribution in [3.8, 4) is 6.07 Å². The van der Waals surface area contributed by atoms with Crippen LogP contribution in [-0.2, 0) is 4.79 Å². The summed E-state index contributed by atoms with van der Waals surface area (Å²) >= 11 is 0. The van der Waals surface area contributed by atoms with E-state index in [0.29, 0.717) is 24.9 Å². The van der Waals surface area contributed by atoms with Crippen LogP contribution in [0.3, 0.4) is 0 Å². The second-order valence-corrected chi connectivity index (χ2v) is 5.77. The number of anilines is 1. The number of hydrogen-bond acceptors (Lipinski definition) is 3. The Bertz CT molecular complexity index is 614. The Labute approximate surface area is 125 Å². The fourth-order valence-corrected chi connectivity index (χ4v) is 2.67. The molecule has 1 aromatic rings. The van der Waals surface area contributed by atoms with Crippen molar-refractivity contribution in [2.24, 2.45) is 5.92 Å². The molecule has 0 saturated carbocycles. The molecule has 4 nitrogen and oxygen atoms in total. The second kappa shape index (κ2) is 6.09. The number of benzene rings is 1. The van der Waals surface area contributed by atoms with Gasteiger partial charge in [0, 0.05) is 30.1 Å². The molecule has 0 aliphatic carbocycles. The molecule has 0 bridgehead atoms. The number of amides is 1. The van der Waals surface area contributed by atoms with Gasteiger partial charge in [0.2, 0.25) is 5.91 Å². The third kappa shape index (κ3) is 2.82. The summed E-state index contributed by atoms with van der Waals surface area (Å²) in [4.78, 5) is 26.2. The zero-order valence-electron chi connectivity index (χ0n) is 12.7. The van der Waals surface area contributed by atoms with Crippen molar-refractivity contribution in [2.75, 3.05) is 11.4 Å². The number of fused-ring (bicyclic) bond motifs is 1. The van der Waals surface area contributed by atoms with Crippen LogP contribution in [0.25, 0.3) is 0 Å². The smallest absolute Gasteiger partial charge is 0.234 e.